The Kier molecular flexibility index (Phi) is 3.62. The van der Waals surface area contributed by atoms with E-state index in [2.05, 4.69) is 4.98 Å². The van der Waals surface area contributed by atoms with Crippen LogP contribution in [0.25, 0.3) is 10.9 Å². The molecule has 0 radical (unpaired) electrons. The number of nitrogens with one attached hydrogen (secondary N) is 1. The van der Waals surface area contributed by atoms with Crippen molar-refractivity contribution in [3.63, 3.8) is 0 Å². The Labute approximate surface area is 99.6 Å². The fourth-order valence-electron chi connectivity index (χ4n) is 1.89. The van der Waals surface area contributed by atoms with Gasteiger partial charge in [-0.25, -0.2) is 0 Å². The second kappa shape index (κ2) is 5.17. The third kappa shape index (κ3) is 2.27. The molecule has 0 saturated carbocycles. The van der Waals surface area contributed by atoms with Crippen molar-refractivity contribution in [2.45, 2.75) is 19.3 Å². The Morgan fingerprint density at radius 3 is 2.94 bits per heavy atom. The van der Waals surface area contributed by atoms with E-state index >= 15 is 0 Å². The minimum atomic E-state index is 0.710. The maximum Gasteiger partial charge on any atom is 0.150 e. The van der Waals surface area contributed by atoms with Crippen molar-refractivity contribution in [3.8, 4) is 0 Å². The highest BCUT2D eigenvalue weighted by atomic mass is 35.5. The number of halogens is 1. The Balaban J connectivity index is 2.27. The number of carbonyl (C=O) groups excluding carboxylic acids is 1. The van der Waals surface area contributed by atoms with Gasteiger partial charge in [0.25, 0.3) is 0 Å². The zero-order chi connectivity index (χ0) is 11.4. The first-order chi connectivity index (χ1) is 7.85. The van der Waals surface area contributed by atoms with Crippen LogP contribution in [0.15, 0.2) is 24.4 Å². The summed E-state index contributed by atoms with van der Waals surface area (Å²) in [6, 6.07) is 5.72. The summed E-state index contributed by atoms with van der Waals surface area (Å²) in [4.78, 5) is 13.9. The van der Waals surface area contributed by atoms with E-state index in [4.69, 9.17) is 11.6 Å². The molecule has 0 aliphatic heterocycles. The van der Waals surface area contributed by atoms with Crippen molar-refractivity contribution in [1.82, 2.24) is 4.98 Å². The molecule has 0 amide bonds. The molecule has 2 aromatic rings. The van der Waals surface area contributed by atoms with E-state index < -0.39 is 0 Å². The van der Waals surface area contributed by atoms with Crippen LogP contribution in [0.3, 0.4) is 0 Å². The average Bonchev–Trinajstić information content (AvgIpc) is 2.72. The van der Waals surface area contributed by atoms with Crippen LogP contribution in [0.5, 0.6) is 0 Å². The van der Waals surface area contributed by atoms with Gasteiger partial charge in [-0.15, -0.1) is 11.6 Å². The molecular weight excluding hydrogens is 222 g/mol. The molecule has 0 unspecified atom stereocenters. The monoisotopic (exact) mass is 235 g/mol. The van der Waals surface area contributed by atoms with E-state index in [1.807, 2.05) is 24.4 Å². The second-order valence-electron chi connectivity index (χ2n) is 3.88. The number of hydrogen-bond donors (Lipinski definition) is 1. The van der Waals surface area contributed by atoms with Gasteiger partial charge in [-0.2, -0.15) is 0 Å². The van der Waals surface area contributed by atoms with Gasteiger partial charge in [-0.3, -0.25) is 4.79 Å². The third-order valence-corrected chi connectivity index (χ3v) is 3.02. The van der Waals surface area contributed by atoms with Crippen molar-refractivity contribution >= 4 is 28.8 Å². The van der Waals surface area contributed by atoms with E-state index in [0.717, 1.165) is 42.0 Å². The Hall–Kier alpha value is -1.28. The highest BCUT2D eigenvalue weighted by Gasteiger charge is 2.04. The first-order valence-corrected chi connectivity index (χ1v) is 6.00. The highest BCUT2D eigenvalue weighted by Crippen LogP contribution is 2.21. The molecular formula is C13H14ClNO. The first-order valence-electron chi connectivity index (χ1n) is 5.46. The molecule has 84 valence electrons. The summed E-state index contributed by atoms with van der Waals surface area (Å²) in [5, 5.41) is 1.15. The summed E-state index contributed by atoms with van der Waals surface area (Å²) in [5.74, 6) is 0.710. The van der Waals surface area contributed by atoms with Gasteiger partial charge in [0.15, 0.2) is 0 Å². The van der Waals surface area contributed by atoms with Crippen LogP contribution < -0.4 is 0 Å². The van der Waals surface area contributed by atoms with Gasteiger partial charge in [-0.1, -0.05) is 0 Å². The standard InChI is InChI=1S/C13H14ClNO/c14-6-2-1-3-11-8-15-13-5-4-10(9-16)7-12(11)13/h4-5,7-9,15H,1-3,6H2. The second-order valence-corrected chi connectivity index (χ2v) is 4.26. The van der Waals surface area contributed by atoms with Gasteiger partial charge in [0.1, 0.15) is 6.29 Å². The summed E-state index contributed by atoms with van der Waals surface area (Å²) in [7, 11) is 0. The fraction of sp³-hybridized carbons (Fsp3) is 0.308. The lowest BCUT2D eigenvalue weighted by Gasteiger charge is -1.98. The van der Waals surface area contributed by atoms with Crippen molar-refractivity contribution in [3.05, 3.63) is 35.5 Å². The SMILES string of the molecule is O=Cc1ccc2[nH]cc(CCCCCl)c2c1. The third-order valence-electron chi connectivity index (χ3n) is 2.76. The van der Waals surface area contributed by atoms with Gasteiger partial charge in [0.05, 0.1) is 0 Å². The molecule has 0 fully saturated rings. The highest BCUT2D eigenvalue weighted by molar-refractivity contribution is 6.17. The van der Waals surface area contributed by atoms with Crippen molar-refractivity contribution < 1.29 is 4.79 Å². The molecule has 0 aliphatic rings. The number of aromatic amines is 1. The molecule has 1 aromatic carbocycles. The van der Waals surface area contributed by atoms with E-state index in [9.17, 15) is 4.79 Å². The molecule has 1 N–H and O–H groups in total. The van der Waals surface area contributed by atoms with Crippen LogP contribution in [0.4, 0.5) is 0 Å². The molecule has 3 heteroatoms. The van der Waals surface area contributed by atoms with Crippen molar-refractivity contribution in [2.24, 2.45) is 0 Å². The van der Waals surface area contributed by atoms with E-state index in [0.29, 0.717) is 5.88 Å². The molecule has 0 saturated heterocycles. The minimum absolute atomic E-state index is 0.710. The number of aldehydes is 1. The number of benzene rings is 1. The van der Waals surface area contributed by atoms with Crippen LogP contribution in [-0.2, 0) is 6.42 Å². The Bertz CT molecular complexity index is 490. The van der Waals surface area contributed by atoms with Gasteiger partial charge < -0.3 is 4.98 Å². The number of hydrogen-bond acceptors (Lipinski definition) is 1. The number of H-pyrrole nitrogens is 1. The van der Waals surface area contributed by atoms with Crippen LogP contribution in [0.1, 0.15) is 28.8 Å². The molecule has 0 bridgehead atoms. The maximum atomic E-state index is 10.7. The smallest absolute Gasteiger partial charge is 0.150 e. The largest absolute Gasteiger partial charge is 0.361 e. The topological polar surface area (TPSA) is 32.9 Å². The molecule has 1 heterocycles. The summed E-state index contributed by atoms with van der Waals surface area (Å²) in [6.07, 6.45) is 6.03. The average molecular weight is 236 g/mol. The number of unbranched alkanes of at least 4 members (excludes halogenated alkanes) is 1. The number of carbonyl (C=O) groups is 1. The summed E-state index contributed by atoms with van der Waals surface area (Å²) < 4.78 is 0. The molecule has 16 heavy (non-hydrogen) atoms. The van der Waals surface area contributed by atoms with Gasteiger partial charge in [0, 0.05) is 28.5 Å². The zero-order valence-corrected chi connectivity index (χ0v) is 9.76. The number of aryl methyl sites for hydroxylation is 1. The molecule has 0 spiro atoms. The van der Waals surface area contributed by atoms with Crippen LogP contribution in [-0.4, -0.2) is 17.2 Å². The predicted octanol–water partition coefficient (Wildman–Crippen LogP) is 3.54. The summed E-state index contributed by atoms with van der Waals surface area (Å²) in [6.45, 7) is 0. The first kappa shape index (κ1) is 11.2. The van der Waals surface area contributed by atoms with Gasteiger partial charge in [-0.05, 0) is 43.0 Å². The lowest BCUT2D eigenvalue weighted by molar-refractivity contribution is 0.112. The lowest BCUT2D eigenvalue weighted by Crippen LogP contribution is -1.85. The van der Waals surface area contributed by atoms with Crippen LogP contribution >= 0.6 is 11.6 Å². The quantitative estimate of drug-likeness (QED) is 0.480. The Morgan fingerprint density at radius 2 is 2.19 bits per heavy atom. The van der Waals surface area contributed by atoms with E-state index in [-0.39, 0.29) is 0 Å². The number of aromatic nitrogens is 1. The van der Waals surface area contributed by atoms with E-state index in [1.165, 1.54) is 5.56 Å². The normalized spacial score (nSPS) is 10.8. The molecule has 1 aromatic heterocycles. The van der Waals surface area contributed by atoms with E-state index in [1.54, 1.807) is 0 Å². The zero-order valence-electron chi connectivity index (χ0n) is 9.00. The molecule has 2 rings (SSSR count). The van der Waals surface area contributed by atoms with Gasteiger partial charge in [0.2, 0.25) is 0 Å². The minimum Gasteiger partial charge on any atom is -0.361 e. The number of fused-ring (bicyclic) bond motifs is 1. The van der Waals surface area contributed by atoms with Crippen LogP contribution in [0, 0.1) is 0 Å². The summed E-state index contributed by atoms with van der Waals surface area (Å²) >= 11 is 5.65. The molecule has 0 atom stereocenters. The molecule has 2 nitrogen and oxygen atoms in total. The summed E-state index contributed by atoms with van der Waals surface area (Å²) in [5.41, 5.74) is 3.08. The maximum absolute atomic E-state index is 10.7. The molecule has 0 aliphatic carbocycles. The Morgan fingerprint density at radius 1 is 1.31 bits per heavy atom. The number of alkyl halides is 1. The van der Waals surface area contributed by atoms with Crippen molar-refractivity contribution in [1.29, 1.82) is 0 Å². The predicted molar refractivity (Wildman–Crippen MR) is 67.3 cm³/mol. The van der Waals surface area contributed by atoms with Gasteiger partial charge >= 0.3 is 0 Å². The fourth-order valence-corrected chi connectivity index (χ4v) is 2.08. The lowest BCUT2D eigenvalue weighted by atomic mass is 10.1. The van der Waals surface area contributed by atoms with Crippen LogP contribution in [0.2, 0.25) is 0 Å². The van der Waals surface area contributed by atoms with Crippen molar-refractivity contribution in [2.75, 3.05) is 5.88 Å². The number of rotatable bonds is 5.